The van der Waals surface area contributed by atoms with Gasteiger partial charge in [-0.1, -0.05) is 27.7 Å². The zero-order valence-corrected chi connectivity index (χ0v) is 13.5. The van der Waals surface area contributed by atoms with Gasteiger partial charge in [-0.15, -0.1) is 0 Å². The molecule has 0 fully saturated rings. The lowest BCUT2D eigenvalue weighted by Crippen LogP contribution is -2.17. The Morgan fingerprint density at radius 1 is 1.15 bits per heavy atom. The molecule has 0 spiro atoms. The second kappa shape index (κ2) is 7.09. The van der Waals surface area contributed by atoms with Crippen LogP contribution >= 0.6 is 0 Å². The van der Waals surface area contributed by atoms with Gasteiger partial charge in [0.1, 0.15) is 5.75 Å². The van der Waals surface area contributed by atoms with Crippen LogP contribution < -0.4 is 9.88 Å². The minimum absolute atomic E-state index is 0.143. The molecule has 1 aromatic rings. The first kappa shape index (κ1) is 17.0. The first-order chi connectivity index (χ1) is 9.33. The van der Waals surface area contributed by atoms with Gasteiger partial charge in [0.15, 0.2) is 0 Å². The Morgan fingerprint density at radius 3 is 2.20 bits per heavy atom. The first-order valence-corrected chi connectivity index (χ1v) is 8.71. The molecule has 5 heteroatoms. The molecule has 0 amide bonds. The van der Waals surface area contributed by atoms with Gasteiger partial charge < -0.3 is 4.74 Å². The van der Waals surface area contributed by atoms with Crippen molar-refractivity contribution in [1.82, 2.24) is 0 Å². The van der Waals surface area contributed by atoms with Gasteiger partial charge >= 0.3 is 0 Å². The van der Waals surface area contributed by atoms with Crippen molar-refractivity contribution in [3.05, 3.63) is 23.8 Å². The molecule has 0 radical (unpaired) electrons. The molecule has 0 aliphatic heterocycles. The Hall–Kier alpha value is -1.07. The molecule has 4 nitrogen and oxygen atoms in total. The third-order valence-electron chi connectivity index (χ3n) is 3.66. The average Bonchev–Trinajstić information content (AvgIpc) is 2.42. The van der Waals surface area contributed by atoms with E-state index in [1.807, 2.05) is 0 Å². The molecule has 0 saturated heterocycles. The van der Waals surface area contributed by atoms with E-state index in [0.717, 1.165) is 30.6 Å². The van der Waals surface area contributed by atoms with Crippen LogP contribution in [0.1, 0.15) is 58.4 Å². The second-order valence-corrected chi connectivity index (χ2v) is 6.67. The number of sulfonamides is 1. The predicted molar refractivity (Wildman–Crippen MR) is 81.5 cm³/mol. The fraction of sp³-hybridized carbons (Fsp3) is 0.600. The lowest BCUT2D eigenvalue weighted by atomic mass is 9.97. The minimum atomic E-state index is -3.68. The highest BCUT2D eigenvalue weighted by Crippen LogP contribution is 2.32. The molecule has 0 aliphatic rings. The number of rotatable bonds is 7. The quantitative estimate of drug-likeness (QED) is 0.838. The number of primary sulfonamides is 1. The lowest BCUT2D eigenvalue weighted by Gasteiger charge is -2.21. The van der Waals surface area contributed by atoms with Crippen LogP contribution in [0, 0.1) is 0 Å². The molecule has 0 heterocycles. The summed E-state index contributed by atoms with van der Waals surface area (Å²) in [4.78, 5) is 0.143. The van der Waals surface area contributed by atoms with E-state index in [1.165, 1.54) is 6.07 Å². The molecule has 114 valence electrons. The normalized spacial score (nSPS) is 13.5. The van der Waals surface area contributed by atoms with E-state index >= 15 is 0 Å². The maximum Gasteiger partial charge on any atom is 0.238 e. The molecular formula is C15H25NO3S. The van der Waals surface area contributed by atoms with Gasteiger partial charge in [-0.3, -0.25) is 0 Å². The van der Waals surface area contributed by atoms with E-state index in [-0.39, 0.29) is 16.9 Å². The summed E-state index contributed by atoms with van der Waals surface area (Å²) >= 11 is 0. The van der Waals surface area contributed by atoms with Crippen LogP contribution in [0.3, 0.4) is 0 Å². The van der Waals surface area contributed by atoms with Gasteiger partial charge in [-0.05, 0) is 48.9 Å². The molecule has 1 aromatic carbocycles. The molecule has 0 aliphatic carbocycles. The monoisotopic (exact) mass is 299 g/mol. The fourth-order valence-electron chi connectivity index (χ4n) is 2.05. The van der Waals surface area contributed by atoms with Gasteiger partial charge in [0, 0.05) is 0 Å². The van der Waals surface area contributed by atoms with E-state index in [2.05, 4.69) is 27.7 Å². The second-order valence-electron chi connectivity index (χ2n) is 5.11. The van der Waals surface area contributed by atoms with Crippen LogP contribution in [-0.2, 0) is 10.0 Å². The summed E-state index contributed by atoms with van der Waals surface area (Å²) in [5.74, 6) is 0.988. The van der Waals surface area contributed by atoms with Gasteiger partial charge in [0.25, 0.3) is 0 Å². The Kier molecular flexibility index (Phi) is 6.02. The fourth-order valence-corrected chi connectivity index (χ4v) is 2.60. The number of hydrogen-bond acceptors (Lipinski definition) is 3. The van der Waals surface area contributed by atoms with Crippen molar-refractivity contribution in [2.45, 2.75) is 63.9 Å². The zero-order chi connectivity index (χ0) is 15.3. The minimum Gasteiger partial charge on any atom is -0.490 e. The molecule has 0 aromatic heterocycles. The molecule has 0 saturated carbocycles. The summed E-state index contributed by atoms with van der Waals surface area (Å²) in [6.45, 7) is 8.28. The van der Waals surface area contributed by atoms with E-state index in [4.69, 9.17) is 9.88 Å². The van der Waals surface area contributed by atoms with E-state index in [0.29, 0.717) is 0 Å². The van der Waals surface area contributed by atoms with Crippen LogP contribution in [0.4, 0.5) is 0 Å². The summed E-state index contributed by atoms with van der Waals surface area (Å²) in [6, 6.07) is 4.87. The number of nitrogens with two attached hydrogens (primary N) is 1. The highest BCUT2D eigenvalue weighted by molar-refractivity contribution is 7.89. The highest BCUT2D eigenvalue weighted by Gasteiger charge is 2.17. The van der Waals surface area contributed by atoms with E-state index in [9.17, 15) is 8.42 Å². The lowest BCUT2D eigenvalue weighted by molar-refractivity contribution is 0.190. The average molecular weight is 299 g/mol. The maximum absolute atomic E-state index is 11.5. The summed E-state index contributed by atoms with van der Waals surface area (Å²) in [6.07, 6.45) is 2.91. The first-order valence-electron chi connectivity index (χ1n) is 7.16. The standard InChI is InChI=1S/C15H25NO3S/c1-5-11(4)14-10-13(20(16,17)18)8-9-15(14)19-12(6-2)7-3/h8-12H,5-7H2,1-4H3,(H2,16,17,18). The van der Waals surface area contributed by atoms with Gasteiger partial charge in [-0.25, -0.2) is 13.6 Å². The van der Waals surface area contributed by atoms with Crippen molar-refractivity contribution < 1.29 is 13.2 Å². The van der Waals surface area contributed by atoms with Crippen LogP contribution in [0.25, 0.3) is 0 Å². The predicted octanol–water partition coefficient (Wildman–Crippen LogP) is 3.41. The molecule has 20 heavy (non-hydrogen) atoms. The molecule has 1 atom stereocenters. The van der Waals surface area contributed by atoms with Crippen molar-refractivity contribution >= 4 is 10.0 Å². The van der Waals surface area contributed by atoms with Crippen LogP contribution in [0.15, 0.2) is 23.1 Å². The van der Waals surface area contributed by atoms with Gasteiger partial charge in [-0.2, -0.15) is 0 Å². The molecule has 1 unspecified atom stereocenters. The molecule has 1 rings (SSSR count). The van der Waals surface area contributed by atoms with Crippen molar-refractivity contribution in [3.8, 4) is 5.75 Å². The van der Waals surface area contributed by atoms with E-state index < -0.39 is 10.0 Å². The van der Waals surface area contributed by atoms with Crippen LogP contribution in [0.2, 0.25) is 0 Å². The van der Waals surface area contributed by atoms with Crippen molar-refractivity contribution in [3.63, 3.8) is 0 Å². The Bertz CT molecular complexity index is 536. The maximum atomic E-state index is 11.5. The smallest absolute Gasteiger partial charge is 0.238 e. The Morgan fingerprint density at radius 2 is 1.75 bits per heavy atom. The largest absolute Gasteiger partial charge is 0.490 e. The van der Waals surface area contributed by atoms with Gasteiger partial charge in [0.05, 0.1) is 11.0 Å². The van der Waals surface area contributed by atoms with Gasteiger partial charge in [0.2, 0.25) is 10.0 Å². The third-order valence-corrected chi connectivity index (χ3v) is 4.57. The topological polar surface area (TPSA) is 69.4 Å². The molecule has 2 N–H and O–H groups in total. The highest BCUT2D eigenvalue weighted by atomic mass is 32.2. The van der Waals surface area contributed by atoms with Crippen LogP contribution in [-0.4, -0.2) is 14.5 Å². The Labute approximate surface area is 122 Å². The van der Waals surface area contributed by atoms with Crippen molar-refractivity contribution in [2.24, 2.45) is 5.14 Å². The van der Waals surface area contributed by atoms with E-state index in [1.54, 1.807) is 12.1 Å². The summed E-state index contributed by atoms with van der Waals surface area (Å²) in [5.41, 5.74) is 0.908. The van der Waals surface area contributed by atoms with Crippen molar-refractivity contribution in [1.29, 1.82) is 0 Å². The third kappa shape index (κ3) is 4.21. The molecular weight excluding hydrogens is 274 g/mol. The zero-order valence-electron chi connectivity index (χ0n) is 12.7. The van der Waals surface area contributed by atoms with Crippen LogP contribution in [0.5, 0.6) is 5.75 Å². The molecule has 0 bridgehead atoms. The SMILES string of the molecule is CCC(CC)Oc1ccc(S(N)(=O)=O)cc1C(C)CC. The summed E-state index contributed by atoms with van der Waals surface area (Å²) in [5, 5.41) is 5.20. The summed E-state index contributed by atoms with van der Waals surface area (Å²) in [7, 11) is -3.68. The number of benzene rings is 1. The summed E-state index contributed by atoms with van der Waals surface area (Å²) < 4.78 is 29.0. The van der Waals surface area contributed by atoms with Crippen molar-refractivity contribution in [2.75, 3.05) is 0 Å². The Balaban J connectivity index is 3.23. The number of hydrogen-bond donors (Lipinski definition) is 1. The number of ether oxygens (including phenoxy) is 1.